The van der Waals surface area contributed by atoms with Crippen LogP contribution in [0.3, 0.4) is 0 Å². The molecule has 1 unspecified atom stereocenters. The van der Waals surface area contributed by atoms with Gasteiger partial charge in [-0.3, -0.25) is 4.79 Å². The Kier molecular flexibility index (Phi) is 10.6. The zero-order chi connectivity index (χ0) is 29.9. The number of allylic oxidation sites excluding steroid dienone is 1. The first kappa shape index (κ1) is 30.2. The second kappa shape index (κ2) is 14.7. The summed E-state index contributed by atoms with van der Waals surface area (Å²) in [6.07, 6.45) is 7.05. The van der Waals surface area contributed by atoms with E-state index in [1.807, 2.05) is 54.6 Å². The van der Waals surface area contributed by atoms with Crippen molar-refractivity contribution in [1.29, 1.82) is 0 Å². The third-order valence-corrected chi connectivity index (χ3v) is 6.93. The Morgan fingerprint density at radius 2 is 1.45 bits per heavy atom. The van der Waals surface area contributed by atoms with Crippen LogP contribution in [0.5, 0.6) is 5.75 Å². The minimum atomic E-state index is -0.971. The maximum Gasteiger partial charge on any atom is 0.335 e. The lowest BCUT2D eigenvalue weighted by Gasteiger charge is -2.14. The molecule has 0 aliphatic rings. The van der Waals surface area contributed by atoms with Crippen LogP contribution in [0, 0.1) is 17.6 Å². The van der Waals surface area contributed by atoms with E-state index in [1.165, 1.54) is 12.1 Å². The predicted octanol–water partition coefficient (Wildman–Crippen LogP) is 8.43. The van der Waals surface area contributed by atoms with Crippen LogP contribution in [-0.2, 0) is 17.8 Å². The third kappa shape index (κ3) is 9.13. The second-order valence-electron chi connectivity index (χ2n) is 10.1. The van der Waals surface area contributed by atoms with Crippen molar-refractivity contribution in [3.63, 3.8) is 0 Å². The minimum Gasteiger partial charge on any atom is -0.488 e. The van der Waals surface area contributed by atoms with E-state index in [4.69, 9.17) is 9.84 Å². The van der Waals surface area contributed by atoms with Crippen molar-refractivity contribution in [2.75, 3.05) is 0 Å². The van der Waals surface area contributed by atoms with Gasteiger partial charge in [-0.2, -0.15) is 0 Å². The predicted molar refractivity (Wildman–Crippen MR) is 158 cm³/mol. The quantitative estimate of drug-likeness (QED) is 0.149. The smallest absolute Gasteiger partial charge is 0.335 e. The normalized spacial score (nSPS) is 11.9. The number of carboxylic acids is 2. The maximum atomic E-state index is 13.6. The van der Waals surface area contributed by atoms with Gasteiger partial charge in [0.15, 0.2) is 0 Å². The largest absolute Gasteiger partial charge is 0.488 e. The van der Waals surface area contributed by atoms with Gasteiger partial charge in [0.2, 0.25) is 0 Å². The number of carboxylic acid groups (broad SMARTS) is 2. The zero-order valence-electron chi connectivity index (χ0n) is 23.0. The van der Waals surface area contributed by atoms with Gasteiger partial charge in [-0.05, 0) is 77.8 Å². The van der Waals surface area contributed by atoms with Crippen molar-refractivity contribution in [3.05, 3.63) is 131 Å². The Morgan fingerprint density at radius 1 is 0.786 bits per heavy atom. The summed E-state index contributed by atoms with van der Waals surface area (Å²) in [6, 6.07) is 25.2. The molecule has 4 rings (SSSR count). The monoisotopic (exact) mass is 570 g/mol. The Morgan fingerprint density at radius 3 is 2.12 bits per heavy atom. The molecule has 0 saturated heterocycles. The van der Waals surface area contributed by atoms with E-state index in [9.17, 15) is 23.5 Å². The molecule has 0 radical (unpaired) electrons. The van der Waals surface area contributed by atoms with Gasteiger partial charge in [-0.1, -0.05) is 73.2 Å². The van der Waals surface area contributed by atoms with Gasteiger partial charge < -0.3 is 14.9 Å². The third-order valence-electron chi connectivity index (χ3n) is 6.93. The van der Waals surface area contributed by atoms with E-state index in [1.54, 1.807) is 24.3 Å². The summed E-state index contributed by atoms with van der Waals surface area (Å²) < 4.78 is 33.3. The summed E-state index contributed by atoms with van der Waals surface area (Å²) in [5.41, 5.74) is 4.19. The van der Waals surface area contributed by atoms with E-state index in [0.717, 1.165) is 35.6 Å². The topological polar surface area (TPSA) is 83.8 Å². The van der Waals surface area contributed by atoms with E-state index in [0.29, 0.717) is 36.3 Å². The molecule has 42 heavy (non-hydrogen) atoms. The highest BCUT2D eigenvalue weighted by molar-refractivity contribution is 5.87. The Labute approximate surface area is 243 Å². The number of hydrogen-bond donors (Lipinski definition) is 2. The van der Waals surface area contributed by atoms with Crippen LogP contribution in [-0.4, -0.2) is 22.2 Å². The molecule has 0 bridgehead atoms. The van der Waals surface area contributed by atoms with Crippen molar-refractivity contribution < 1.29 is 33.3 Å². The molecular weight excluding hydrogens is 538 g/mol. The molecule has 0 fully saturated rings. The molecule has 7 heteroatoms. The second-order valence-corrected chi connectivity index (χ2v) is 10.1. The molecule has 0 saturated carbocycles. The van der Waals surface area contributed by atoms with Crippen molar-refractivity contribution >= 4 is 18.0 Å². The van der Waals surface area contributed by atoms with Crippen LogP contribution in [0.1, 0.15) is 52.7 Å². The average Bonchev–Trinajstić information content (AvgIpc) is 2.97. The van der Waals surface area contributed by atoms with Crippen LogP contribution in [0.4, 0.5) is 8.78 Å². The lowest BCUT2D eigenvalue weighted by atomic mass is 9.92. The fourth-order valence-electron chi connectivity index (χ4n) is 4.70. The SMILES string of the molecule is O=C(O)CCCCC(C=Cc1ccccc1OCc1ccc(-c2cc(F)cc(F)c2)cc1)Cc1ccc(C(=O)O)cc1. The number of ether oxygens (including phenoxy) is 1. The molecule has 0 aliphatic carbocycles. The molecule has 216 valence electrons. The van der Waals surface area contributed by atoms with Crippen molar-refractivity contribution in [3.8, 4) is 16.9 Å². The molecule has 5 nitrogen and oxygen atoms in total. The van der Waals surface area contributed by atoms with Crippen molar-refractivity contribution in [2.45, 2.75) is 38.7 Å². The minimum absolute atomic E-state index is 0.114. The number of para-hydroxylation sites is 1. The lowest BCUT2D eigenvalue weighted by molar-refractivity contribution is -0.137. The molecule has 0 heterocycles. The molecule has 4 aromatic rings. The maximum absolute atomic E-state index is 13.6. The molecule has 0 spiro atoms. The summed E-state index contributed by atoms with van der Waals surface area (Å²) in [7, 11) is 0. The van der Waals surface area contributed by atoms with Gasteiger partial charge in [-0.25, -0.2) is 13.6 Å². The Bertz CT molecular complexity index is 1510. The number of rotatable bonds is 14. The van der Waals surface area contributed by atoms with Crippen LogP contribution in [0.15, 0.2) is 97.1 Å². The van der Waals surface area contributed by atoms with E-state index >= 15 is 0 Å². The standard InChI is InChI=1S/C35H32F2O5/c36-31-20-30(21-32(37)22-31)27-14-12-26(13-15-27)23-42-33-7-3-2-6-28(33)16-9-24(5-1-4-8-34(38)39)19-25-10-17-29(18-11-25)35(40)41/h2-3,6-7,9-18,20-22,24H,1,4-5,8,19,23H2,(H,38,39)(H,40,41). The molecule has 2 N–H and O–H groups in total. The summed E-state index contributed by atoms with van der Waals surface area (Å²) in [4.78, 5) is 22.1. The highest BCUT2D eigenvalue weighted by Crippen LogP contribution is 2.26. The number of carbonyl (C=O) groups is 2. The molecule has 0 aromatic heterocycles. The van der Waals surface area contributed by atoms with Crippen LogP contribution in [0.2, 0.25) is 0 Å². The molecule has 0 amide bonds. The number of benzene rings is 4. The number of aliphatic carboxylic acids is 1. The van der Waals surface area contributed by atoms with Gasteiger partial charge in [0.05, 0.1) is 5.56 Å². The Hall–Kier alpha value is -4.78. The lowest BCUT2D eigenvalue weighted by Crippen LogP contribution is -2.04. The molecule has 1 atom stereocenters. The highest BCUT2D eigenvalue weighted by Gasteiger charge is 2.10. The van der Waals surface area contributed by atoms with Gasteiger partial charge in [-0.15, -0.1) is 0 Å². The molecular formula is C35H32F2O5. The summed E-state index contributed by atoms with van der Waals surface area (Å²) in [5, 5.41) is 18.2. The van der Waals surface area contributed by atoms with E-state index < -0.39 is 23.6 Å². The summed E-state index contributed by atoms with van der Waals surface area (Å²) in [6.45, 7) is 0.303. The number of unbranched alkanes of at least 4 members (excludes halogenated alkanes) is 1. The zero-order valence-corrected chi connectivity index (χ0v) is 23.0. The van der Waals surface area contributed by atoms with Crippen molar-refractivity contribution in [1.82, 2.24) is 0 Å². The van der Waals surface area contributed by atoms with E-state index in [2.05, 4.69) is 6.08 Å². The first-order chi connectivity index (χ1) is 20.3. The summed E-state index contributed by atoms with van der Waals surface area (Å²) >= 11 is 0. The van der Waals surface area contributed by atoms with Gasteiger partial charge in [0, 0.05) is 18.1 Å². The summed E-state index contributed by atoms with van der Waals surface area (Å²) in [5.74, 6) is -2.22. The molecule has 0 aliphatic heterocycles. The highest BCUT2D eigenvalue weighted by atomic mass is 19.1. The first-order valence-corrected chi connectivity index (χ1v) is 13.8. The van der Waals surface area contributed by atoms with Gasteiger partial charge in [0.1, 0.15) is 24.0 Å². The van der Waals surface area contributed by atoms with Gasteiger partial charge >= 0.3 is 11.9 Å². The number of halogens is 2. The van der Waals surface area contributed by atoms with Crippen LogP contribution < -0.4 is 4.74 Å². The van der Waals surface area contributed by atoms with Crippen LogP contribution >= 0.6 is 0 Å². The fourth-order valence-corrected chi connectivity index (χ4v) is 4.70. The average molecular weight is 571 g/mol. The van der Waals surface area contributed by atoms with Crippen molar-refractivity contribution in [2.24, 2.45) is 5.92 Å². The first-order valence-electron chi connectivity index (χ1n) is 13.8. The fraction of sp³-hybridized carbons (Fsp3) is 0.200. The Balaban J connectivity index is 1.43. The van der Waals surface area contributed by atoms with Gasteiger partial charge in [0.25, 0.3) is 0 Å². The number of hydrogen-bond acceptors (Lipinski definition) is 3. The molecule has 4 aromatic carbocycles. The van der Waals surface area contributed by atoms with Crippen LogP contribution in [0.25, 0.3) is 17.2 Å². The van der Waals surface area contributed by atoms with E-state index in [-0.39, 0.29) is 17.9 Å². The number of aromatic carboxylic acids is 1.